The van der Waals surface area contributed by atoms with Gasteiger partial charge in [0.15, 0.2) is 0 Å². The summed E-state index contributed by atoms with van der Waals surface area (Å²) in [5, 5.41) is 17.0. The first-order chi connectivity index (χ1) is 10.4. The molecule has 0 spiro atoms. The van der Waals surface area contributed by atoms with E-state index in [-0.39, 0.29) is 18.4 Å². The van der Waals surface area contributed by atoms with Crippen LogP contribution in [0, 0.1) is 0 Å². The third kappa shape index (κ3) is 3.67. The third-order valence-electron chi connectivity index (χ3n) is 3.23. The monoisotopic (exact) mass is 321 g/mol. The maximum atomic E-state index is 12.3. The second-order valence-corrected chi connectivity index (χ2v) is 5.98. The van der Waals surface area contributed by atoms with E-state index in [9.17, 15) is 9.90 Å². The van der Waals surface area contributed by atoms with Crippen molar-refractivity contribution in [2.75, 3.05) is 6.54 Å². The third-order valence-corrected chi connectivity index (χ3v) is 3.48. The Labute approximate surface area is 134 Å². The predicted octanol–water partition coefficient (Wildman–Crippen LogP) is 2.76. The summed E-state index contributed by atoms with van der Waals surface area (Å²) in [5.74, 6) is -0.115. The fourth-order valence-electron chi connectivity index (χ4n) is 2.21. The van der Waals surface area contributed by atoms with Crippen molar-refractivity contribution in [3.05, 3.63) is 46.7 Å². The van der Waals surface area contributed by atoms with Crippen LogP contribution in [0.4, 0.5) is 0 Å². The van der Waals surface area contributed by atoms with Crippen molar-refractivity contribution in [2.24, 2.45) is 0 Å². The van der Waals surface area contributed by atoms with E-state index >= 15 is 0 Å². The molecule has 0 saturated heterocycles. The van der Waals surface area contributed by atoms with Gasteiger partial charge in [-0.05, 0) is 37.1 Å². The van der Waals surface area contributed by atoms with Crippen molar-refractivity contribution >= 4 is 17.5 Å². The Kier molecular flexibility index (Phi) is 5.21. The van der Waals surface area contributed by atoms with Crippen molar-refractivity contribution in [1.82, 2.24) is 15.1 Å². The van der Waals surface area contributed by atoms with Gasteiger partial charge < -0.3 is 10.4 Å². The number of amides is 1. The smallest absolute Gasteiger partial charge is 0.254 e. The number of carbonyl (C=O) groups excluding carboxylic acids is 1. The number of aliphatic hydroxyl groups is 1. The molecule has 0 radical (unpaired) electrons. The van der Waals surface area contributed by atoms with Gasteiger partial charge in [0.25, 0.3) is 5.91 Å². The molecule has 0 fully saturated rings. The van der Waals surface area contributed by atoms with Crippen LogP contribution in [-0.4, -0.2) is 33.4 Å². The number of carbonyl (C=O) groups is 1. The molecule has 1 heterocycles. The van der Waals surface area contributed by atoms with Gasteiger partial charge in [-0.3, -0.25) is 4.79 Å². The highest BCUT2D eigenvalue weighted by Gasteiger charge is 2.20. The number of halogens is 1. The van der Waals surface area contributed by atoms with Gasteiger partial charge in [-0.1, -0.05) is 25.4 Å². The van der Waals surface area contributed by atoms with Crippen molar-refractivity contribution in [2.45, 2.75) is 32.8 Å². The maximum Gasteiger partial charge on any atom is 0.254 e. The molecule has 1 atom stereocenters. The fourth-order valence-corrected chi connectivity index (χ4v) is 2.34. The lowest BCUT2D eigenvalue weighted by Gasteiger charge is -2.13. The maximum absolute atomic E-state index is 12.3. The zero-order valence-corrected chi connectivity index (χ0v) is 13.6. The molecular formula is C16H20ClN3O2. The molecule has 0 aliphatic heterocycles. The SMILES string of the molecule is CC(O)CNC(=O)c1cnn(-c2ccc(Cl)cc2)c1C(C)C. The largest absolute Gasteiger partial charge is 0.392 e. The average molecular weight is 322 g/mol. The van der Waals surface area contributed by atoms with Crippen LogP contribution in [0.15, 0.2) is 30.5 Å². The van der Waals surface area contributed by atoms with E-state index in [1.165, 1.54) is 0 Å². The molecule has 118 valence electrons. The molecule has 0 bridgehead atoms. The molecule has 1 amide bonds. The van der Waals surface area contributed by atoms with Gasteiger partial charge in [-0.2, -0.15) is 5.10 Å². The first-order valence-corrected chi connectivity index (χ1v) is 7.58. The molecule has 6 heteroatoms. The normalized spacial score (nSPS) is 12.5. The summed E-state index contributed by atoms with van der Waals surface area (Å²) >= 11 is 5.91. The Morgan fingerprint density at radius 1 is 1.32 bits per heavy atom. The molecule has 0 aliphatic rings. The number of aliphatic hydroxyl groups excluding tert-OH is 1. The van der Waals surface area contributed by atoms with Crippen molar-refractivity contribution in [1.29, 1.82) is 0 Å². The van der Waals surface area contributed by atoms with Crippen molar-refractivity contribution in [3.8, 4) is 5.69 Å². The molecule has 1 aromatic heterocycles. The lowest BCUT2D eigenvalue weighted by molar-refractivity contribution is 0.0922. The summed E-state index contributed by atoms with van der Waals surface area (Å²) in [6.45, 7) is 5.85. The minimum Gasteiger partial charge on any atom is -0.392 e. The van der Waals surface area contributed by atoms with E-state index in [1.54, 1.807) is 29.9 Å². The van der Waals surface area contributed by atoms with Gasteiger partial charge >= 0.3 is 0 Å². The minimum atomic E-state index is -0.585. The summed E-state index contributed by atoms with van der Waals surface area (Å²) < 4.78 is 1.75. The Balaban J connectivity index is 2.37. The second kappa shape index (κ2) is 6.94. The van der Waals surface area contributed by atoms with Gasteiger partial charge in [0.1, 0.15) is 0 Å². The average Bonchev–Trinajstić information content (AvgIpc) is 2.90. The minimum absolute atomic E-state index is 0.116. The van der Waals surface area contributed by atoms with Crippen LogP contribution in [0.1, 0.15) is 42.7 Å². The number of rotatable bonds is 5. The van der Waals surface area contributed by atoms with E-state index in [2.05, 4.69) is 10.4 Å². The molecule has 2 N–H and O–H groups in total. The standard InChI is InChI=1S/C16H20ClN3O2/c1-10(2)15-14(16(22)18-8-11(3)21)9-19-20(15)13-6-4-12(17)5-7-13/h4-7,9-11,21H,8H2,1-3H3,(H,18,22). The molecule has 1 aromatic carbocycles. The number of hydrogen-bond donors (Lipinski definition) is 2. The Morgan fingerprint density at radius 3 is 2.50 bits per heavy atom. The van der Waals surface area contributed by atoms with E-state index in [0.29, 0.717) is 10.6 Å². The van der Waals surface area contributed by atoms with E-state index in [1.807, 2.05) is 26.0 Å². The van der Waals surface area contributed by atoms with Crippen molar-refractivity contribution in [3.63, 3.8) is 0 Å². The predicted molar refractivity (Wildman–Crippen MR) is 86.7 cm³/mol. The number of aromatic nitrogens is 2. The molecule has 1 unspecified atom stereocenters. The van der Waals surface area contributed by atoms with Gasteiger partial charge in [0, 0.05) is 11.6 Å². The molecule has 2 rings (SSSR count). The lowest BCUT2D eigenvalue weighted by Crippen LogP contribution is -2.31. The summed E-state index contributed by atoms with van der Waals surface area (Å²) in [4.78, 5) is 12.3. The zero-order valence-electron chi connectivity index (χ0n) is 12.9. The van der Waals surface area contributed by atoms with Crippen LogP contribution in [0.5, 0.6) is 0 Å². The molecule has 0 saturated carbocycles. The topological polar surface area (TPSA) is 67.2 Å². The summed E-state index contributed by atoms with van der Waals surface area (Å²) in [6.07, 6.45) is 0.971. The molecule has 0 aliphatic carbocycles. The Hall–Kier alpha value is -1.85. The number of nitrogens with one attached hydrogen (secondary N) is 1. The summed E-state index contributed by atoms with van der Waals surface area (Å²) in [6, 6.07) is 7.29. The number of nitrogens with zero attached hydrogens (tertiary/aromatic N) is 2. The van der Waals surface area contributed by atoms with Crippen molar-refractivity contribution < 1.29 is 9.90 Å². The van der Waals surface area contributed by atoms with Gasteiger partial charge in [-0.25, -0.2) is 4.68 Å². The van der Waals surface area contributed by atoms with Crippen LogP contribution >= 0.6 is 11.6 Å². The first-order valence-electron chi connectivity index (χ1n) is 7.20. The summed E-state index contributed by atoms with van der Waals surface area (Å²) in [5.41, 5.74) is 2.19. The van der Waals surface area contributed by atoms with E-state index < -0.39 is 6.10 Å². The quantitative estimate of drug-likeness (QED) is 0.890. The molecular weight excluding hydrogens is 302 g/mol. The van der Waals surface area contributed by atoms with E-state index in [4.69, 9.17) is 11.6 Å². The fraction of sp³-hybridized carbons (Fsp3) is 0.375. The van der Waals surface area contributed by atoms with Crippen LogP contribution in [-0.2, 0) is 0 Å². The lowest BCUT2D eigenvalue weighted by atomic mass is 10.0. The Bertz CT molecular complexity index is 648. The van der Waals surface area contributed by atoms with Crippen LogP contribution in [0.25, 0.3) is 5.69 Å². The molecule has 2 aromatic rings. The highest BCUT2D eigenvalue weighted by Crippen LogP contribution is 2.23. The highest BCUT2D eigenvalue weighted by molar-refractivity contribution is 6.30. The highest BCUT2D eigenvalue weighted by atomic mass is 35.5. The van der Waals surface area contributed by atoms with Gasteiger partial charge in [0.05, 0.1) is 29.2 Å². The van der Waals surface area contributed by atoms with Crippen LogP contribution < -0.4 is 5.32 Å². The van der Waals surface area contributed by atoms with E-state index in [0.717, 1.165) is 11.4 Å². The zero-order chi connectivity index (χ0) is 16.3. The first kappa shape index (κ1) is 16.5. The number of benzene rings is 1. The van der Waals surface area contributed by atoms with Crippen LogP contribution in [0.3, 0.4) is 0 Å². The Morgan fingerprint density at radius 2 is 1.95 bits per heavy atom. The van der Waals surface area contributed by atoms with Gasteiger partial charge in [-0.15, -0.1) is 0 Å². The second-order valence-electron chi connectivity index (χ2n) is 5.55. The van der Waals surface area contributed by atoms with Crippen LogP contribution in [0.2, 0.25) is 5.02 Å². The summed E-state index contributed by atoms with van der Waals surface area (Å²) in [7, 11) is 0. The molecule has 22 heavy (non-hydrogen) atoms. The molecule has 5 nitrogen and oxygen atoms in total. The van der Waals surface area contributed by atoms with Gasteiger partial charge in [0.2, 0.25) is 0 Å². The number of hydrogen-bond acceptors (Lipinski definition) is 3.